The van der Waals surface area contributed by atoms with Crippen LogP contribution in [-0.4, -0.2) is 5.78 Å². The minimum Gasteiger partial charge on any atom is -0.293 e. The van der Waals surface area contributed by atoms with Crippen LogP contribution in [0.3, 0.4) is 0 Å². The van der Waals surface area contributed by atoms with Crippen LogP contribution in [0.4, 0.5) is 0 Å². The van der Waals surface area contributed by atoms with Crippen molar-refractivity contribution in [3.63, 3.8) is 0 Å². The van der Waals surface area contributed by atoms with Gasteiger partial charge in [0, 0.05) is 5.56 Å². The summed E-state index contributed by atoms with van der Waals surface area (Å²) in [6.45, 7) is 1.83. The van der Waals surface area contributed by atoms with E-state index >= 15 is 0 Å². The molecule has 0 fully saturated rings. The highest BCUT2D eigenvalue weighted by Gasteiger charge is 2.21. The molecule has 0 bridgehead atoms. The SMILES string of the molecule is CCC(C#N)C(=O)c1cc(Br)sc1Br. The Balaban J connectivity index is 3.01. The highest BCUT2D eigenvalue weighted by Crippen LogP contribution is 2.33. The molecule has 0 aromatic carbocycles. The lowest BCUT2D eigenvalue weighted by Gasteiger charge is -2.02. The number of halogens is 2. The van der Waals surface area contributed by atoms with Crippen LogP contribution in [0.5, 0.6) is 0 Å². The Hall–Kier alpha value is -0.180. The summed E-state index contributed by atoms with van der Waals surface area (Å²) < 4.78 is 1.67. The number of Topliss-reactive ketones (excluding diaryl/α,β-unsaturated/α-hetero) is 1. The first kappa shape index (κ1) is 11.9. The minimum absolute atomic E-state index is 0.108. The van der Waals surface area contributed by atoms with Crippen LogP contribution in [-0.2, 0) is 0 Å². The molecular weight excluding hydrogens is 330 g/mol. The third-order valence-corrected chi connectivity index (χ3v) is 4.14. The second-order valence-corrected chi connectivity index (χ2v) is 6.44. The molecule has 0 saturated carbocycles. The van der Waals surface area contributed by atoms with E-state index in [0.29, 0.717) is 12.0 Å². The second kappa shape index (κ2) is 5.06. The molecule has 0 aliphatic heterocycles. The van der Waals surface area contributed by atoms with E-state index in [1.807, 2.05) is 13.0 Å². The maximum absolute atomic E-state index is 11.8. The van der Waals surface area contributed by atoms with Gasteiger partial charge in [0.05, 0.1) is 13.6 Å². The van der Waals surface area contributed by atoms with Gasteiger partial charge >= 0.3 is 0 Å². The maximum atomic E-state index is 11.8. The van der Waals surface area contributed by atoms with Gasteiger partial charge in [0.2, 0.25) is 0 Å². The highest BCUT2D eigenvalue weighted by molar-refractivity contribution is 9.12. The van der Waals surface area contributed by atoms with Crippen LogP contribution in [0.1, 0.15) is 23.7 Å². The molecule has 1 rings (SSSR count). The van der Waals surface area contributed by atoms with E-state index in [0.717, 1.165) is 7.57 Å². The Labute approximate surface area is 103 Å². The normalized spacial score (nSPS) is 12.1. The number of ketones is 1. The molecule has 1 atom stereocenters. The average Bonchev–Trinajstić information content (AvgIpc) is 2.47. The molecule has 1 aromatic rings. The number of nitriles is 1. The van der Waals surface area contributed by atoms with Gasteiger partial charge in [0.15, 0.2) is 5.78 Å². The van der Waals surface area contributed by atoms with Crippen molar-refractivity contribution in [2.24, 2.45) is 5.92 Å². The van der Waals surface area contributed by atoms with Gasteiger partial charge in [-0.05, 0) is 44.3 Å². The van der Waals surface area contributed by atoms with Crippen molar-refractivity contribution in [1.29, 1.82) is 5.26 Å². The fourth-order valence-corrected chi connectivity index (χ4v) is 3.85. The molecule has 5 heteroatoms. The smallest absolute Gasteiger partial charge is 0.181 e. The first-order chi connectivity index (χ1) is 6.60. The van der Waals surface area contributed by atoms with Crippen molar-refractivity contribution in [2.45, 2.75) is 13.3 Å². The predicted octanol–water partition coefficient (Wildman–Crippen LogP) is 4.01. The van der Waals surface area contributed by atoms with Gasteiger partial charge < -0.3 is 0 Å². The lowest BCUT2D eigenvalue weighted by molar-refractivity contribution is 0.0946. The monoisotopic (exact) mass is 335 g/mol. The molecule has 14 heavy (non-hydrogen) atoms. The van der Waals surface area contributed by atoms with Gasteiger partial charge in [0.1, 0.15) is 5.92 Å². The largest absolute Gasteiger partial charge is 0.293 e. The Morgan fingerprint density at radius 3 is 2.71 bits per heavy atom. The molecule has 1 aromatic heterocycles. The molecule has 0 N–H and O–H groups in total. The number of nitrogens with zero attached hydrogens (tertiary/aromatic N) is 1. The second-order valence-electron chi connectivity index (χ2n) is 2.69. The van der Waals surface area contributed by atoms with Crippen LogP contribution >= 0.6 is 43.2 Å². The Bertz CT molecular complexity index is 394. The third-order valence-electron chi connectivity index (χ3n) is 1.80. The van der Waals surface area contributed by atoms with Gasteiger partial charge in [-0.3, -0.25) is 4.79 Å². The highest BCUT2D eigenvalue weighted by atomic mass is 79.9. The first-order valence-electron chi connectivity index (χ1n) is 3.98. The summed E-state index contributed by atoms with van der Waals surface area (Å²) in [5.41, 5.74) is 0.593. The Kier molecular flexibility index (Phi) is 4.30. The van der Waals surface area contributed by atoms with E-state index in [4.69, 9.17) is 5.26 Å². The molecule has 0 spiro atoms. The molecule has 0 radical (unpaired) electrons. The van der Waals surface area contributed by atoms with Gasteiger partial charge in [0.25, 0.3) is 0 Å². The summed E-state index contributed by atoms with van der Waals surface area (Å²) in [6, 6.07) is 3.75. The van der Waals surface area contributed by atoms with E-state index in [1.54, 1.807) is 6.07 Å². The zero-order valence-electron chi connectivity index (χ0n) is 7.38. The molecule has 0 saturated heterocycles. The molecular formula is C9H7Br2NOS. The number of carbonyl (C=O) groups excluding carboxylic acids is 1. The first-order valence-corrected chi connectivity index (χ1v) is 6.39. The van der Waals surface area contributed by atoms with E-state index < -0.39 is 5.92 Å². The fourth-order valence-electron chi connectivity index (χ4n) is 1.03. The lowest BCUT2D eigenvalue weighted by Crippen LogP contribution is -2.11. The number of rotatable bonds is 3. The molecule has 0 amide bonds. The average molecular weight is 337 g/mol. The van der Waals surface area contributed by atoms with Crippen molar-refractivity contribution in [2.75, 3.05) is 0 Å². The molecule has 74 valence electrons. The maximum Gasteiger partial charge on any atom is 0.181 e. The molecule has 2 nitrogen and oxygen atoms in total. The van der Waals surface area contributed by atoms with Crippen LogP contribution in [0.15, 0.2) is 13.6 Å². The van der Waals surface area contributed by atoms with E-state index in [1.165, 1.54) is 11.3 Å². The number of carbonyl (C=O) groups is 1. The van der Waals surface area contributed by atoms with Gasteiger partial charge in [-0.15, -0.1) is 11.3 Å². The summed E-state index contributed by atoms with van der Waals surface area (Å²) in [5, 5.41) is 8.76. The summed E-state index contributed by atoms with van der Waals surface area (Å²) in [4.78, 5) is 11.8. The third kappa shape index (κ3) is 2.44. The Morgan fingerprint density at radius 1 is 1.71 bits per heavy atom. The van der Waals surface area contributed by atoms with Crippen LogP contribution in [0, 0.1) is 17.2 Å². The molecule has 1 unspecified atom stereocenters. The van der Waals surface area contributed by atoms with E-state index in [-0.39, 0.29) is 5.78 Å². The van der Waals surface area contributed by atoms with E-state index in [2.05, 4.69) is 31.9 Å². The standard InChI is InChI=1S/C9H7Br2NOS/c1-2-5(4-12)8(13)6-3-7(10)14-9(6)11/h3,5H,2H2,1H3. The zero-order chi connectivity index (χ0) is 10.7. The van der Waals surface area contributed by atoms with Crippen molar-refractivity contribution in [3.05, 3.63) is 19.2 Å². The van der Waals surface area contributed by atoms with Gasteiger partial charge in [-0.1, -0.05) is 6.92 Å². The summed E-state index contributed by atoms with van der Waals surface area (Å²) in [7, 11) is 0. The molecule has 0 aliphatic carbocycles. The van der Waals surface area contributed by atoms with Crippen LogP contribution in [0.2, 0.25) is 0 Å². The predicted molar refractivity (Wildman–Crippen MR) is 63.4 cm³/mol. The topological polar surface area (TPSA) is 40.9 Å². The Morgan fingerprint density at radius 2 is 2.36 bits per heavy atom. The summed E-state index contributed by atoms with van der Waals surface area (Å²) >= 11 is 8.04. The summed E-state index contributed by atoms with van der Waals surface area (Å²) in [5.74, 6) is -0.642. The fraction of sp³-hybridized carbons (Fsp3) is 0.333. The van der Waals surface area contributed by atoms with Crippen molar-refractivity contribution >= 4 is 49.0 Å². The number of hydrogen-bond donors (Lipinski definition) is 0. The van der Waals surface area contributed by atoms with Gasteiger partial charge in [-0.2, -0.15) is 5.26 Å². The van der Waals surface area contributed by atoms with Crippen molar-refractivity contribution in [1.82, 2.24) is 0 Å². The number of hydrogen-bond acceptors (Lipinski definition) is 3. The van der Waals surface area contributed by atoms with Crippen LogP contribution < -0.4 is 0 Å². The minimum atomic E-state index is -0.534. The van der Waals surface area contributed by atoms with Crippen molar-refractivity contribution < 1.29 is 4.79 Å². The number of thiophene rings is 1. The summed E-state index contributed by atoms with van der Waals surface area (Å²) in [6.07, 6.45) is 0.551. The lowest BCUT2D eigenvalue weighted by atomic mass is 9.99. The van der Waals surface area contributed by atoms with Gasteiger partial charge in [-0.25, -0.2) is 0 Å². The molecule has 1 heterocycles. The van der Waals surface area contributed by atoms with Crippen LogP contribution in [0.25, 0.3) is 0 Å². The molecule has 0 aliphatic rings. The zero-order valence-corrected chi connectivity index (χ0v) is 11.4. The van der Waals surface area contributed by atoms with E-state index in [9.17, 15) is 4.79 Å². The quantitative estimate of drug-likeness (QED) is 0.782. The van der Waals surface area contributed by atoms with Crippen molar-refractivity contribution in [3.8, 4) is 6.07 Å².